The minimum atomic E-state index is -0.00928. The van der Waals surface area contributed by atoms with Crippen molar-refractivity contribution < 1.29 is 5.11 Å². The number of hydrogen-bond donors (Lipinski definition) is 1. The summed E-state index contributed by atoms with van der Waals surface area (Å²) in [6.45, 7) is -0.00928. The zero-order valence-electron chi connectivity index (χ0n) is 7.58. The van der Waals surface area contributed by atoms with Gasteiger partial charge in [-0.25, -0.2) is 4.98 Å². The summed E-state index contributed by atoms with van der Waals surface area (Å²) in [7, 11) is 0. The van der Waals surface area contributed by atoms with Gasteiger partial charge in [0.05, 0.1) is 12.3 Å². The Morgan fingerprint density at radius 2 is 2.13 bits per heavy atom. The second-order valence-electron chi connectivity index (χ2n) is 2.93. The standard InChI is InChI=1S/C10H7Br2NOS/c11-6-1-2-8(9(12)3-6)10-13-7(4-14)5-15-10/h1-3,5,14H,4H2. The zero-order valence-corrected chi connectivity index (χ0v) is 11.6. The lowest BCUT2D eigenvalue weighted by atomic mass is 10.2. The number of aliphatic hydroxyl groups excluding tert-OH is 1. The number of thiazole rings is 1. The van der Waals surface area contributed by atoms with Crippen molar-refractivity contribution >= 4 is 43.2 Å². The Balaban J connectivity index is 2.44. The Morgan fingerprint density at radius 3 is 2.73 bits per heavy atom. The highest BCUT2D eigenvalue weighted by atomic mass is 79.9. The SMILES string of the molecule is OCc1csc(-c2ccc(Br)cc2Br)n1. The summed E-state index contributed by atoms with van der Waals surface area (Å²) in [6.07, 6.45) is 0. The highest BCUT2D eigenvalue weighted by Crippen LogP contribution is 2.32. The maximum absolute atomic E-state index is 8.94. The van der Waals surface area contributed by atoms with Crippen LogP contribution >= 0.6 is 43.2 Å². The van der Waals surface area contributed by atoms with E-state index in [0.29, 0.717) is 5.69 Å². The number of rotatable bonds is 2. The zero-order chi connectivity index (χ0) is 10.8. The largest absolute Gasteiger partial charge is 0.390 e. The van der Waals surface area contributed by atoms with Crippen LogP contribution in [0.25, 0.3) is 10.6 Å². The summed E-state index contributed by atoms with van der Waals surface area (Å²) < 4.78 is 2.02. The average Bonchev–Trinajstić information content (AvgIpc) is 2.66. The fraction of sp³-hybridized carbons (Fsp3) is 0.100. The molecule has 2 rings (SSSR count). The molecule has 1 aromatic heterocycles. The van der Waals surface area contributed by atoms with Crippen LogP contribution in [-0.4, -0.2) is 10.1 Å². The van der Waals surface area contributed by atoms with Gasteiger partial charge in [-0.3, -0.25) is 0 Å². The number of halogens is 2. The van der Waals surface area contributed by atoms with Crippen LogP contribution in [0.1, 0.15) is 5.69 Å². The lowest BCUT2D eigenvalue weighted by molar-refractivity contribution is 0.278. The maximum atomic E-state index is 8.94. The van der Waals surface area contributed by atoms with Gasteiger partial charge in [0.2, 0.25) is 0 Å². The van der Waals surface area contributed by atoms with E-state index in [1.807, 2.05) is 23.6 Å². The lowest BCUT2D eigenvalue weighted by Gasteiger charge is -2.00. The fourth-order valence-corrected chi connectivity index (χ4v) is 3.38. The van der Waals surface area contributed by atoms with E-state index in [1.165, 1.54) is 11.3 Å². The molecule has 0 radical (unpaired) electrons. The van der Waals surface area contributed by atoms with Crippen LogP contribution in [-0.2, 0) is 6.61 Å². The predicted molar refractivity (Wildman–Crippen MR) is 68.9 cm³/mol. The smallest absolute Gasteiger partial charge is 0.124 e. The van der Waals surface area contributed by atoms with Crippen LogP contribution < -0.4 is 0 Å². The Bertz CT molecular complexity index is 484. The van der Waals surface area contributed by atoms with E-state index >= 15 is 0 Å². The van der Waals surface area contributed by atoms with Gasteiger partial charge in [-0.1, -0.05) is 31.9 Å². The van der Waals surface area contributed by atoms with Crippen LogP contribution in [0.15, 0.2) is 32.5 Å². The Labute approximate surface area is 108 Å². The molecule has 15 heavy (non-hydrogen) atoms. The van der Waals surface area contributed by atoms with Gasteiger partial charge in [-0.05, 0) is 18.2 Å². The van der Waals surface area contributed by atoms with Gasteiger partial charge >= 0.3 is 0 Å². The molecule has 2 nitrogen and oxygen atoms in total. The monoisotopic (exact) mass is 347 g/mol. The van der Waals surface area contributed by atoms with Crippen LogP contribution in [0.2, 0.25) is 0 Å². The van der Waals surface area contributed by atoms with Crippen molar-refractivity contribution in [3.8, 4) is 10.6 Å². The molecule has 78 valence electrons. The van der Waals surface area contributed by atoms with E-state index in [4.69, 9.17) is 5.11 Å². The molecule has 0 saturated carbocycles. The summed E-state index contributed by atoms with van der Waals surface area (Å²) in [6, 6.07) is 5.95. The van der Waals surface area contributed by atoms with Gasteiger partial charge in [0.1, 0.15) is 5.01 Å². The van der Waals surface area contributed by atoms with Crippen LogP contribution in [0.5, 0.6) is 0 Å². The number of hydrogen-bond acceptors (Lipinski definition) is 3. The number of aromatic nitrogens is 1. The molecule has 0 saturated heterocycles. The van der Waals surface area contributed by atoms with Gasteiger partial charge in [0, 0.05) is 19.9 Å². The van der Waals surface area contributed by atoms with Crippen LogP contribution in [0.4, 0.5) is 0 Å². The van der Waals surface area contributed by atoms with Crippen LogP contribution in [0, 0.1) is 0 Å². The van der Waals surface area contributed by atoms with Crippen molar-refractivity contribution in [1.82, 2.24) is 4.98 Å². The van der Waals surface area contributed by atoms with Gasteiger partial charge in [-0.2, -0.15) is 0 Å². The highest BCUT2D eigenvalue weighted by molar-refractivity contribution is 9.11. The first-order valence-corrected chi connectivity index (χ1v) is 6.68. The first-order chi connectivity index (χ1) is 7.20. The van der Waals surface area contributed by atoms with Crippen molar-refractivity contribution in [2.45, 2.75) is 6.61 Å². The van der Waals surface area contributed by atoms with Gasteiger partial charge in [0.15, 0.2) is 0 Å². The third-order valence-corrected chi connectivity index (χ3v) is 3.95. The Kier molecular flexibility index (Phi) is 3.56. The van der Waals surface area contributed by atoms with Gasteiger partial charge < -0.3 is 5.11 Å². The molecule has 0 aliphatic rings. The molecule has 0 bridgehead atoms. The Hall–Kier alpha value is -0.230. The van der Waals surface area contributed by atoms with Crippen molar-refractivity contribution in [3.63, 3.8) is 0 Å². The van der Waals surface area contributed by atoms with Crippen molar-refractivity contribution in [2.24, 2.45) is 0 Å². The molecule has 0 fully saturated rings. The summed E-state index contributed by atoms with van der Waals surface area (Å²) >= 11 is 8.42. The molecule has 1 N–H and O–H groups in total. The molecule has 0 spiro atoms. The minimum absolute atomic E-state index is 0.00928. The average molecular weight is 349 g/mol. The van der Waals surface area contributed by atoms with Gasteiger partial charge in [-0.15, -0.1) is 11.3 Å². The first kappa shape index (κ1) is 11.3. The first-order valence-electron chi connectivity index (χ1n) is 4.21. The highest BCUT2D eigenvalue weighted by Gasteiger charge is 2.07. The Morgan fingerprint density at radius 1 is 1.33 bits per heavy atom. The number of nitrogens with zero attached hydrogens (tertiary/aromatic N) is 1. The maximum Gasteiger partial charge on any atom is 0.124 e. The molecule has 0 unspecified atom stereocenters. The molecule has 2 aromatic rings. The molecular formula is C10H7Br2NOS. The number of aliphatic hydroxyl groups is 1. The van der Waals surface area contributed by atoms with Crippen molar-refractivity contribution in [3.05, 3.63) is 38.2 Å². The van der Waals surface area contributed by atoms with E-state index in [0.717, 1.165) is 19.5 Å². The topological polar surface area (TPSA) is 33.1 Å². The predicted octanol–water partition coefficient (Wildman–Crippen LogP) is 3.83. The van der Waals surface area contributed by atoms with E-state index in [1.54, 1.807) is 0 Å². The van der Waals surface area contributed by atoms with E-state index in [2.05, 4.69) is 36.8 Å². The quantitative estimate of drug-likeness (QED) is 0.894. The third-order valence-electron chi connectivity index (χ3n) is 1.88. The summed E-state index contributed by atoms with van der Waals surface area (Å²) in [5.74, 6) is 0. The second kappa shape index (κ2) is 4.74. The minimum Gasteiger partial charge on any atom is -0.390 e. The fourth-order valence-electron chi connectivity index (χ4n) is 1.17. The molecule has 0 atom stereocenters. The molecule has 1 heterocycles. The molecule has 0 aliphatic carbocycles. The number of benzene rings is 1. The third kappa shape index (κ3) is 2.47. The molecular weight excluding hydrogens is 342 g/mol. The van der Waals surface area contributed by atoms with E-state index in [9.17, 15) is 0 Å². The van der Waals surface area contributed by atoms with Crippen LogP contribution in [0.3, 0.4) is 0 Å². The lowest BCUT2D eigenvalue weighted by Crippen LogP contribution is -1.83. The summed E-state index contributed by atoms with van der Waals surface area (Å²) in [4.78, 5) is 4.31. The van der Waals surface area contributed by atoms with Crippen molar-refractivity contribution in [2.75, 3.05) is 0 Å². The van der Waals surface area contributed by atoms with Gasteiger partial charge in [0.25, 0.3) is 0 Å². The van der Waals surface area contributed by atoms with Crippen molar-refractivity contribution in [1.29, 1.82) is 0 Å². The normalized spacial score (nSPS) is 10.6. The second-order valence-corrected chi connectivity index (χ2v) is 5.55. The summed E-state index contributed by atoms with van der Waals surface area (Å²) in [5, 5.41) is 11.7. The molecule has 1 aromatic carbocycles. The molecule has 0 amide bonds. The molecule has 0 aliphatic heterocycles. The van der Waals surface area contributed by atoms with E-state index < -0.39 is 0 Å². The summed E-state index contributed by atoms with van der Waals surface area (Å²) in [5.41, 5.74) is 1.76. The van der Waals surface area contributed by atoms with E-state index in [-0.39, 0.29) is 6.61 Å². The molecule has 5 heteroatoms.